The van der Waals surface area contributed by atoms with E-state index in [1.165, 1.54) is 27.9 Å². The van der Waals surface area contributed by atoms with E-state index in [1.807, 2.05) is 0 Å². The molecule has 0 N–H and O–H groups in total. The Kier molecular flexibility index (Phi) is 6.30. The van der Waals surface area contributed by atoms with Crippen molar-refractivity contribution < 1.29 is 4.79 Å². The number of carbonyl (C=O) groups is 1. The highest BCUT2D eigenvalue weighted by atomic mass is 16.2. The number of para-hydroxylation sites is 1. The topological polar surface area (TPSA) is 26.8 Å². The van der Waals surface area contributed by atoms with Crippen molar-refractivity contribution >= 4 is 11.6 Å². The number of rotatable bonds is 5. The van der Waals surface area contributed by atoms with Crippen LogP contribution in [0.4, 0.5) is 5.69 Å². The Morgan fingerprint density at radius 1 is 0.806 bits per heavy atom. The molecule has 0 aromatic heterocycles. The summed E-state index contributed by atoms with van der Waals surface area (Å²) in [5, 5.41) is 0. The van der Waals surface area contributed by atoms with Crippen LogP contribution in [0.15, 0.2) is 78.9 Å². The summed E-state index contributed by atoms with van der Waals surface area (Å²) in [5.74, 6) is 0.680. The molecule has 4 heteroatoms. The predicted molar refractivity (Wildman–Crippen MR) is 147 cm³/mol. The molecular weight excluding hydrogens is 442 g/mol. The molecule has 6 rings (SSSR count). The van der Waals surface area contributed by atoms with Crippen LogP contribution in [0.5, 0.6) is 0 Å². The molecule has 1 saturated carbocycles. The van der Waals surface area contributed by atoms with Crippen molar-refractivity contribution in [3.8, 4) is 11.1 Å². The summed E-state index contributed by atoms with van der Waals surface area (Å²) in [6.07, 6.45) is 3.42. The number of hydrogen-bond donors (Lipinski definition) is 0. The molecule has 3 fully saturated rings. The summed E-state index contributed by atoms with van der Waals surface area (Å²) in [5.41, 5.74) is 6.85. The molecule has 4 nitrogen and oxygen atoms in total. The zero-order valence-corrected chi connectivity index (χ0v) is 21.4. The Morgan fingerprint density at radius 3 is 2.17 bits per heavy atom. The van der Waals surface area contributed by atoms with E-state index >= 15 is 0 Å². The Bertz CT molecular complexity index is 1190. The van der Waals surface area contributed by atoms with E-state index in [0.717, 1.165) is 65.1 Å². The van der Waals surface area contributed by atoms with Gasteiger partial charge in [-0.15, -0.1) is 0 Å². The second kappa shape index (κ2) is 9.74. The average Bonchev–Trinajstić information content (AvgIpc) is 3.64. The van der Waals surface area contributed by atoms with Crippen molar-refractivity contribution in [2.75, 3.05) is 44.2 Å². The molecule has 1 atom stereocenters. The summed E-state index contributed by atoms with van der Waals surface area (Å²) in [4.78, 5) is 20.4. The lowest BCUT2D eigenvalue weighted by Crippen LogP contribution is -2.50. The molecule has 0 bridgehead atoms. The zero-order chi connectivity index (χ0) is 24.5. The highest BCUT2D eigenvalue weighted by Crippen LogP contribution is 2.60. The van der Waals surface area contributed by atoms with Gasteiger partial charge in [0.05, 0.1) is 0 Å². The quantitative estimate of drug-likeness (QED) is 0.476. The lowest BCUT2D eigenvalue weighted by atomic mass is 9.90. The van der Waals surface area contributed by atoms with Gasteiger partial charge in [-0.05, 0) is 79.1 Å². The van der Waals surface area contributed by atoms with Crippen LogP contribution in [-0.4, -0.2) is 55.0 Å². The number of hydrogen-bond acceptors (Lipinski definition) is 3. The van der Waals surface area contributed by atoms with Gasteiger partial charge in [-0.2, -0.15) is 0 Å². The van der Waals surface area contributed by atoms with Crippen LogP contribution in [-0.2, 0) is 11.3 Å². The summed E-state index contributed by atoms with van der Waals surface area (Å²) >= 11 is 0. The summed E-state index contributed by atoms with van der Waals surface area (Å²) in [7, 11) is 0. The Balaban J connectivity index is 0.985. The number of benzene rings is 3. The highest BCUT2D eigenvalue weighted by Gasteiger charge is 2.59. The number of piperidine rings is 1. The largest absolute Gasteiger partial charge is 0.368 e. The van der Waals surface area contributed by atoms with Crippen molar-refractivity contribution in [2.24, 2.45) is 11.3 Å². The second-order valence-electron chi connectivity index (χ2n) is 11.1. The van der Waals surface area contributed by atoms with Crippen molar-refractivity contribution in [3.05, 3.63) is 90.0 Å². The number of piperazine rings is 1. The van der Waals surface area contributed by atoms with Crippen molar-refractivity contribution in [2.45, 2.75) is 32.7 Å². The fraction of sp³-hybridized carbons (Fsp3) is 0.406. The first kappa shape index (κ1) is 23.3. The van der Waals surface area contributed by atoms with Gasteiger partial charge in [0.15, 0.2) is 0 Å². The summed E-state index contributed by atoms with van der Waals surface area (Å²) < 4.78 is 0. The van der Waals surface area contributed by atoms with Crippen molar-refractivity contribution in [3.63, 3.8) is 0 Å². The third-order valence-electron chi connectivity index (χ3n) is 8.87. The molecule has 36 heavy (non-hydrogen) atoms. The minimum absolute atomic E-state index is 0.260. The maximum atomic E-state index is 13.3. The molecule has 2 aliphatic heterocycles. The SMILES string of the molecule is Cc1ccccc1-c1ccc(CN2CCC3(CC2)CC3C(=O)N2CCN(c3ccccc3)CC2)cc1. The smallest absolute Gasteiger partial charge is 0.226 e. The van der Waals surface area contributed by atoms with Gasteiger partial charge in [0.1, 0.15) is 0 Å². The van der Waals surface area contributed by atoms with E-state index in [1.54, 1.807) is 0 Å². The van der Waals surface area contributed by atoms with Crippen LogP contribution in [0.2, 0.25) is 0 Å². The molecule has 1 unspecified atom stereocenters. The number of carbonyl (C=O) groups excluding carboxylic acids is 1. The molecule has 1 spiro atoms. The molecule has 3 aliphatic rings. The van der Waals surface area contributed by atoms with Crippen LogP contribution < -0.4 is 4.90 Å². The normalized spacial score (nSPS) is 21.5. The van der Waals surface area contributed by atoms with Crippen LogP contribution >= 0.6 is 0 Å². The maximum Gasteiger partial charge on any atom is 0.226 e. The number of amides is 1. The van der Waals surface area contributed by atoms with Crippen LogP contribution in [0.25, 0.3) is 11.1 Å². The van der Waals surface area contributed by atoms with Gasteiger partial charge in [-0.1, -0.05) is 66.7 Å². The van der Waals surface area contributed by atoms with E-state index in [0.29, 0.717) is 5.91 Å². The van der Waals surface area contributed by atoms with E-state index in [4.69, 9.17) is 0 Å². The fourth-order valence-electron chi connectivity index (χ4n) is 6.39. The van der Waals surface area contributed by atoms with Gasteiger partial charge in [0.2, 0.25) is 5.91 Å². The minimum atomic E-state index is 0.260. The standard InChI is InChI=1S/C32H37N3O/c1-25-7-5-6-10-29(25)27-13-11-26(12-14-27)24-33-17-15-32(16-18-33)23-30(32)31(36)35-21-19-34(20-22-35)28-8-3-2-4-9-28/h2-14,30H,15-24H2,1H3. The summed E-state index contributed by atoms with van der Waals surface area (Å²) in [6.45, 7) is 8.96. The lowest BCUT2D eigenvalue weighted by Gasteiger charge is -2.37. The van der Waals surface area contributed by atoms with Gasteiger partial charge < -0.3 is 9.80 Å². The molecule has 1 amide bonds. The first-order valence-electron chi connectivity index (χ1n) is 13.6. The lowest BCUT2D eigenvalue weighted by molar-refractivity contribution is -0.134. The first-order valence-corrected chi connectivity index (χ1v) is 13.6. The Labute approximate surface area is 215 Å². The highest BCUT2D eigenvalue weighted by molar-refractivity contribution is 5.83. The molecule has 1 aliphatic carbocycles. The third kappa shape index (κ3) is 4.67. The molecular formula is C32H37N3O. The molecule has 3 aromatic rings. The van der Waals surface area contributed by atoms with Gasteiger partial charge in [0, 0.05) is 44.3 Å². The van der Waals surface area contributed by atoms with Gasteiger partial charge in [-0.25, -0.2) is 0 Å². The second-order valence-corrected chi connectivity index (χ2v) is 11.1. The number of anilines is 1. The number of likely N-dealkylation sites (tertiary alicyclic amines) is 1. The molecule has 2 saturated heterocycles. The van der Waals surface area contributed by atoms with Crippen molar-refractivity contribution in [1.29, 1.82) is 0 Å². The van der Waals surface area contributed by atoms with E-state index < -0.39 is 0 Å². The first-order chi connectivity index (χ1) is 17.6. The zero-order valence-electron chi connectivity index (χ0n) is 21.4. The van der Waals surface area contributed by atoms with Gasteiger partial charge in [-0.3, -0.25) is 9.69 Å². The fourth-order valence-corrected chi connectivity index (χ4v) is 6.39. The Morgan fingerprint density at radius 2 is 1.47 bits per heavy atom. The summed E-state index contributed by atoms with van der Waals surface area (Å²) in [6, 6.07) is 28.2. The predicted octanol–water partition coefficient (Wildman–Crippen LogP) is 5.61. The van der Waals surface area contributed by atoms with E-state index in [2.05, 4.69) is 100 Å². The molecule has 186 valence electrons. The molecule has 0 radical (unpaired) electrons. The molecule has 3 aromatic carbocycles. The number of aryl methyl sites for hydroxylation is 1. The van der Waals surface area contributed by atoms with Crippen LogP contribution in [0.1, 0.15) is 30.4 Å². The van der Waals surface area contributed by atoms with Gasteiger partial charge >= 0.3 is 0 Å². The Hall–Kier alpha value is -3.11. The molecule has 2 heterocycles. The number of nitrogens with zero attached hydrogens (tertiary/aromatic N) is 3. The minimum Gasteiger partial charge on any atom is -0.368 e. The van der Waals surface area contributed by atoms with Crippen molar-refractivity contribution in [1.82, 2.24) is 9.80 Å². The maximum absolute atomic E-state index is 13.3. The monoisotopic (exact) mass is 479 g/mol. The van der Waals surface area contributed by atoms with E-state index in [9.17, 15) is 4.79 Å². The average molecular weight is 480 g/mol. The van der Waals surface area contributed by atoms with Crippen LogP contribution in [0, 0.1) is 18.3 Å². The van der Waals surface area contributed by atoms with Gasteiger partial charge in [0.25, 0.3) is 0 Å². The van der Waals surface area contributed by atoms with E-state index in [-0.39, 0.29) is 11.3 Å². The van der Waals surface area contributed by atoms with Crippen LogP contribution in [0.3, 0.4) is 0 Å². The third-order valence-corrected chi connectivity index (χ3v) is 8.87.